The maximum Gasteiger partial charge on any atom is 0.243 e. The minimum atomic E-state index is -3.78. The molecule has 2 aliphatic rings. The molecule has 1 aromatic carbocycles. The third-order valence-electron chi connectivity index (χ3n) is 6.82. The predicted octanol–water partition coefficient (Wildman–Crippen LogP) is 3.74. The lowest BCUT2D eigenvalue weighted by Gasteiger charge is -2.40. The zero-order chi connectivity index (χ0) is 24.2. The van der Waals surface area contributed by atoms with E-state index in [2.05, 4.69) is 18.7 Å². The molecule has 0 aromatic heterocycles. The molecule has 1 saturated heterocycles. The van der Waals surface area contributed by atoms with Crippen molar-refractivity contribution in [2.45, 2.75) is 56.5 Å². The van der Waals surface area contributed by atoms with Crippen molar-refractivity contribution in [1.82, 2.24) is 14.1 Å². The van der Waals surface area contributed by atoms with Crippen LogP contribution < -0.4 is 0 Å². The van der Waals surface area contributed by atoms with Crippen LogP contribution in [0.15, 0.2) is 23.1 Å². The Kier molecular flexibility index (Phi) is 9.46. The van der Waals surface area contributed by atoms with Crippen LogP contribution in [0.25, 0.3) is 0 Å². The lowest BCUT2D eigenvalue weighted by Crippen LogP contribution is -2.52. The summed E-state index contributed by atoms with van der Waals surface area (Å²) in [6.45, 7) is 8.25. The van der Waals surface area contributed by atoms with Crippen LogP contribution in [0.1, 0.15) is 39.5 Å². The molecule has 33 heavy (non-hydrogen) atoms. The molecule has 7 nitrogen and oxygen atoms in total. The molecule has 3 rings (SSSR count). The number of carbonyl (C=O) groups excluding carboxylic acids is 1. The molecule has 0 radical (unpaired) electrons. The Morgan fingerprint density at radius 1 is 1.09 bits per heavy atom. The summed E-state index contributed by atoms with van der Waals surface area (Å²) in [4.78, 5) is 17.6. The van der Waals surface area contributed by atoms with E-state index in [-0.39, 0.29) is 34.3 Å². The topological polar surface area (TPSA) is 70.2 Å². The molecule has 186 valence electrons. The van der Waals surface area contributed by atoms with Gasteiger partial charge in [-0.15, -0.1) is 0 Å². The molecule has 1 aliphatic heterocycles. The van der Waals surface area contributed by atoms with Gasteiger partial charge in [-0.2, -0.15) is 4.31 Å². The van der Waals surface area contributed by atoms with E-state index in [0.29, 0.717) is 43.4 Å². The highest BCUT2D eigenvalue weighted by molar-refractivity contribution is 7.89. The standard InChI is InChI=1S/C23H35Cl2N3O4S/c1-17(2)26-10-12-27(13-11-26)23(29)18-4-6-19(7-5-18)28(14-15-32-3)33(30,31)20-8-9-21(24)22(25)16-20/h8-9,16-19H,4-7,10-15H2,1-3H3. The Labute approximate surface area is 208 Å². The molecular weight excluding hydrogens is 485 g/mol. The number of benzene rings is 1. The second-order valence-electron chi connectivity index (χ2n) is 9.14. The van der Waals surface area contributed by atoms with Crippen LogP contribution in [-0.2, 0) is 19.6 Å². The molecule has 1 saturated carbocycles. The van der Waals surface area contributed by atoms with Gasteiger partial charge in [-0.25, -0.2) is 8.42 Å². The minimum Gasteiger partial charge on any atom is -0.383 e. The van der Waals surface area contributed by atoms with Gasteiger partial charge in [-0.3, -0.25) is 9.69 Å². The molecule has 0 bridgehead atoms. The molecule has 1 amide bonds. The first-order chi connectivity index (χ1) is 15.6. The van der Waals surface area contributed by atoms with E-state index in [1.54, 1.807) is 7.11 Å². The lowest BCUT2D eigenvalue weighted by molar-refractivity contribution is -0.138. The highest BCUT2D eigenvalue weighted by atomic mass is 35.5. The second-order valence-corrected chi connectivity index (χ2v) is 11.8. The lowest BCUT2D eigenvalue weighted by atomic mass is 9.85. The number of hydrogen-bond donors (Lipinski definition) is 0. The Bertz CT molecular complexity index is 912. The van der Waals surface area contributed by atoms with Gasteiger partial charge in [-0.1, -0.05) is 23.2 Å². The number of methoxy groups -OCH3 is 1. The number of nitrogens with zero attached hydrogens (tertiary/aromatic N) is 3. The van der Waals surface area contributed by atoms with Gasteiger partial charge < -0.3 is 9.64 Å². The van der Waals surface area contributed by atoms with Crippen molar-refractivity contribution in [3.63, 3.8) is 0 Å². The summed E-state index contributed by atoms with van der Waals surface area (Å²) in [6, 6.07) is 4.69. The molecule has 1 aliphatic carbocycles. The van der Waals surface area contributed by atoms with E-state index in [0.717, 1.165) is 26.2 Å². The van der Waals surface area contributed by atoms with Gasteiger partial charge in [0.15, 0.2) is 0 Å². The quantitative estimate of drug-likeness (QED) is 0.523. The van der Waals surface area contributed by atoms with Crippen molar-refractivity contribution in [2.24, 2.45) is 5.92 Å². The Morgan fingerprint density at radius 3 is 2.27 bits per heavy atom. The van der Waals surface area contributed by atoms with E-state index in [1.807, 2.05) is 4.90 Å². The molecule has 0 N–H and O–H groups in total. The van der Waals surface area contributed by atoms with Crippen molar-refractivity contribution in [3.05, 3.63) is 28.2 Å². The summed E-state index contributed by atoms with van der Waals surface area (Å²) in [7, 11) is -2.22. The van der Waals surface area contributed by atoms with Gasteiger partial charge in [-0.05, 0) is 57.7 Å². The number of carbonyl (C=O) groups is 1. The number of rotatable bonds is 8. The van der Waals surface area contributed by atoms with Crippen LogP contribution >= 0.6 is 23.2 Å². The third kappa shape index (κ3) is 6.41. The second kappa shape index (κ2) is 11.7. The smallest absolute Gasteiger partial charge is 0.243 e. The number of halogens is 2. The Hall–Kier alpha value is -0.900. The van der Waals surface area contributed by atoms with Crippen molar-refractivity contribution in [1.29, 1.82) is 0 Å². The van der Waals surface area contributed by atoms with E-state index >= 15 is 0 Å². The predicted molar refractivity (Wildman–Crippen MR) is 131 cm³/mol. The van der Waals surface area contributed by atoms with Crippen LogP contribution in [0, 0.1) is 5.92 Å². The maximum atomic E-state index is 13.4. The summed E-state index contributed by atoms with van der Waals surface area (Å²) >= 11 is 12.1. The summed E-state index contributed by atoms with van der Waals surface area (Å²) in [6.07, 6.45) is 2.67. The molecule has 1 aromatic rings. The SMILES string of the molecule is COCCN(C1CCC(C(=O)N2CCN(C(C)C)CC2)CC1)S(=O)(=O)c1ccc(Cl)c(Cl)c1. The first-order valence-electron chi connectivity index (χ1n) is 11.6. The fraction of sp³-hybridized carbons (Fsp3) is 0.696. The van der Waals surface area contributed by atoms with Crippen LogP contribution in [-0.4, -0.2) is 87.0 Å². The number of amides is 1. The van der Waals surface area contributed by atoms with E-state index in [9.17, 15) is 13.2 Å². The van der Waals surface area contributed by atoms with E-state index in [4.69, 9.17) is 27.9 Å². The van der Waals surface area contributed by atoms with Gasteiger partial charge in [0.05, 0.1) is 21.5 Å². The number of piperazine rings is 1. The number of hydrogen-bond acceptors (Lipinski definition) is 5. The molecule has 10 heteroatoms. The zero-order valence-electron chi connectivity index (χ0n) is 19.7. The fourth-order valence-electron chi connectivity index (χ4n) is 4.78. The Balaban J connectivity index is 1.65. The number of sulfonamides is 1. The highest BCUT2D eigenvalue weighted by Gasteiger charge is 2.37. The molecular formula is C23H35Cl2N3O4S. The number of ether oxygens (including phenoxy) is 1. The van der Waals surface area contributed by atoms with Crippen LogP contribution in [0.3, 0.4) is 0 Å². The Morgan fingerprint density at radius 2 is 1.73 bits per heavy atom. The van der Waals surface area contributed by atoms with Crippen molar-refractivity contribution in [2.75, 3.05) is 46.4 Å². The summed E-state index contributed by atoms with van der Waals surface area (Å²) in [5.41, 5.74) is 0. The van der Waals surface area contributed by atoms with Gasteiger partial charge in [0, 0.05) is 57.8 Å². The van der Waals surface area contributed by atoms with Crippen LogP contribution in [0.4, 0.5) is 0 Å². The van der Waals surface area contributed by atoms with Crippen LogP contribution in [0.2, 0.25) is 10.0 Å². The largest absolute Gasteiger partial charge is 0.383 e. The van der Waals surface area contributed by atoms with Crippen LogP contribution in [0.5, 0.6) is 0 Å². The van der Waals surface area contributed by atoms with Gasteiger partial charge in [0.1, 0.15) is 0 Å². The first-order valence-corrected chi connectivity index (χ1v) is 13.8. The molecule has 0 spiro atoms. The van der Waals surface area contributed by atoms with Crippen molar-refractivity contribution >= 4 is 39.1 Å². The highest BCUT2D eigenvalue weighted by Crippen LogP contribution is 2.33. The molecule has 2 fully saturated rings. The molecule has 1 heterocycles. The molecule has 0 unspecified atom stereocenters. The average Bonchev–Trinajstić information content (AvgIpc) is 2.81. The van der Waals surface area contributed by atoms with Crippen molar-refractivity contribution < 1.29 is 17.9 Å². The summed E-state index contributed by atoms with van der Waals surface area (Å²) in [5, 5.41) is 0.517. The minimum absolute atomic E-state index is 0.0381. The monoisotopic (exact) mass is 519 g/mol. The summed E-state index contributed by atoms with van der Waals surface area (Å²) in [5.74, 6) is 0.177. The maximum absolute atomic E-state index is 13.4. The van der Waals surface area contributed by atoms with E-state index < -0.39 is 10.0 Å². The fourth-order valence-corrected chi connectivity index (χ4v) is 6.84. The molecule has 0 atom stereocenters. The van der Waals surface area contributed by atoms with Crippen molar-refractivity contribution in [3.8, 4) is 0 Å². The average molecular weight is 521 g/mol. The van der Waals surface area contributed by atoms with Gasteiger partial charge >= 0.3 is 0 Å². The third-order valence-corrected chi connectivity index (χ3v) is 9.51. The van der Waals surface area contributed by atoms with Gasteiger partial charge in [0.2, 0.25) is 15.9 Å². The van der Waals surface area contributed by atoms with E-state index in [1.165, 1.54) is 22.5 Å². The first kappa shape index (κ1) is 26.7. The normalized spacial score (nSPS) is 22.8. The van der Waals surface area contributed by atoms with Gasteiger partial charge in [0.25, 0.3) is 0 Å². The zero-order valence-corrected chi connectivity index (χ0v) is 22.0. The summed E-state index contributed by atoms with van der Waals surface area (Å²) < 4.78 is 33.6.